The fourth-order valence-corrected chi connectivity index (χ4v) is 3.28. The molecule has 126 valence electrons. The number of rotatable bonds is 5. The zero-order chi connectivity index (χ0) is 16.8. The van der Waals surface area contributed by atoms with Crippen molar-refractivity contribution in [2.75, 3.05) is 29.9 Å². The Morgan fingerprint density at radius 3 is 3.00 bits per heavy atom. The van der Waals surface area contributed by atoms with Gasteiger partial charge in [0.1, 0.15) is 5.82 Å². The van der Waals surface area contributed by atoms with Crippen molar-refractivity contribution in [2.24, 2.45) is 0 Å². The van der Waals surface area contributed by atoms with Crippen LogP contribution in [0, 0.1) is 6.92 Å². The van der Waals surface area contributed by atoms with Crippen molar-refractivity contribution >= 4 is 28.8 Å². The third-order valence-electron chi connectivity index (χ3n) is 4.34. The van der Waals surface area contributed by atoms with Crippen molar-refractivity contribution in [1.29, 1.82) is 0 Å². The van der Waals surface area contributed by atoms with Crippen molar-refractivity contribution in [2.45, 2.75) is 26.2 Å². The van der Waals surface area contributed by atoms with Crippen LogP contribution in [0.15, 0.2) is 42.6 Å². The maximum Gasteiger partial charge on any atom is 0.171 e. The highest BCUT2D eigenvalue weighted by atomic mass is 32.1. The molecule has 0 fully saturated rings. The molecule has 0 amide bonds. The molecule has 3 rings (SSSR count). The number of anilines is 2. The Balaban J connectivity index is 1.43. The van der Waals surface area contributed by atoms with Crippen LogP contribution in [0.1, 0.15) is 24.0 Å². The quantitative estimate of drug-likeness (QED) is 0.644. The lowest BCUT2D eigenvalue weighted by molar-refractivity contribution is 0.658. The Morgan fingerprint density at radius 1 is 1.25 bits per heavy atom. The first-order valence-corrected chi connectivity index (χ1v) is 8.94. The first-order valence-electron chi connectivity index (χ1n) is 8.53. The molecule has 0 saturated heterocycles. The molecule has 0 radical (unpaired) electrons. The van der Waals surface area contributed by atoms with E-state index >= 15 is 0 Å². The molecular weight excluding hydrogens is 316 g/mol. The molecule has 5 heteroatoms. The average molecular weight is 340 g/mol. The van der Waals surface area contributed by atoms with Crippen LogP contribution >= 0.6 is 12.2 Å². The highest BCUT2D eigenvalue weighted by Crippen LogP contribution is 2.26. The first-order chi connectivity index (χ1) is 11.7. The summed E-state index contributed by atoms with van der Waals surface area (Å²) in [4.78, 5) is 6.78. The van der Waals surface area contributed by atoms with E-state index in [-0.39, 0.29) is 0 Å². The third-order valence-corrected chi connectivity index (χ3v) is 4.58. The molecule has 1 aromatic carbocycles. The number of hydrogen-bond donors (Lipinski definition) is 2. The number of benzene rings is 1. The molecule has 1 aliphatic heterocycles. The van der Waals surface area contributed by atoms with E-state index in [2.05, 4.69) is 44.8 Å². The fourth-order valence-electron chi connectivity index (χ4n) is 3.08. The second-order valence-electron chi connectivity index (χ2n) is 6.12. The van der Waals surface area contributed by atoms with Crippen LogP contribution in [0.3, 0.4) is 0 Å². The average Bonchev–Trinajstić information content (AvgIpc) is 2.61. The van der Waals surface area contributed by atoms with Crippen molar-refractivity contribution in [3.63, 3.8) is 0 Å². The number of para-hydroxylation sites is 1. The number of pyridine rings is 1. The summed E-state index contributed by atoms with van der Waals surface area (Å²) in [7, 11) is 0. The minimum Gasteiger partial charge on any atom is -0.371 e. The summed E-state index contributed by atoms with van der Waals surface area (Å²) in [5.74, 6) is 0.819. The summed E-state index contributed by atoms with van der Waals surface area (Å²) in [6.07, 6.45) is 5.26. The van der Waals surface area contributed by atoms with Gasteiger partial charge in [0.2, 0.25) is 0 Å². The van der Waals surface area contributed by atoms with E-state index < -0.39 is 0 Å². The zero-order valence-corrected chi connectivity index (χ0v) is 14.9. The molecule has 4 nitrogen and oxygen atoms in total. The summed E-state index contributed by atoms with van der Waals surface area (Å²) in [6, 6.07) is 12.7. The van der Waals surface area contributed by atoms with Gasteiger partial charge in [-0.2, -0.15) is 0 Å². The zero-order valence-electron chi connectivity index (χ0n) is 14.1. The number of nitrogens with one attached hydrogen (secondary N) is 2. The van der Waals surface area contributed by atoms with E-state index in [0.717, 1.165) is 37.4 Å². The van der Waals surface area contributed by atoms with E-state index in [0.29, 0.717) is 5.11 Å². The van der Waals surface area contributed by atoms with Crippen molar-refractivity contribution in [1.82, 2.24) is 10.3 Å². The summed E-state index contributed by atoms with van der Waals surface area (Å²) >= 11 is 5.35. The fraction of sp³-hybridized carbons (Fsp3) is 0.368. The predicted octanol–water partition coefficient (Wildman–Crippen LogP) is 3.52. The number of aromatic nitrogens is 1. The normalized spacial score (nSPS) is 13.3. The summed E-state index contributed by atoms with van der Waals surface area (Å²) in [5.41, 5.74) is 3.96. The van der Waals surface area contributed by atoms with Gasteiger partial charge in [0.05, 0.1) is 0 Å². The van der Waals surface area contributed by atoms with E-state index in [9.17, 15) is 0 Å². The Morgan fingerprint density at radius 2 is 2.12 bits per heavy atom. The smallest absolute Gasteiger partial charge is 0.171 e. The first kappa shape index (κ1) is 16.7. The molecule has 2 aromatic rings. The second-order valence-corrected chi connectivity index (χ2v) is 6.53. The van der Waals surface area contributed by atoms with Crippen molar-refractivity contribution in [3.8, 4) is 0 Å². The van der Waals surface area contributed by atoms with Gasteiger partial charge in [0.15, 0.2) is 5.11 Å². The maximum absolute atomic E-state index is 5.35. The number of thiocarbonyl (C=S) groups is 1. The van der Waals surface area contributed by atoms with E-state index in [4.69, 9.17) is 12.2 Å². The monoisotopic (exact) mass is 340 g/mol. The van der Waals surface area contributed by atoms with Gasteiger partial charge in [-0.15, -0.1) is 0 Å². The van der Waals surface area contributed by atoms with Gasteiger partial charge in [0.25, 0.3) is 0 Å². The summed E-state index contributed by atoms with van der Waals surface area (Å²) in [6.45, 7) is 5.07. The number of nitrogens with zero attached hydrogens (tertiary/aromatic N) is 2. The van der Waals surface area contributed by atoms with Crippen LogP contribution in [-0.2, 0) is 6.42 Å². The van der Waals surface area contributed by atoms with Gasteiger partial charge < -0.3 is 15.5 Å². The van der Waals surface area contributed by atoms with E-state index in [1.807, 2.05) is 19.1 Å². The van der Waals surface area contributed by atoms with Gasteiger partial charge in [-0.1, -0.05) is 24.3 Å². The molecule has 0 spiro atoms. The largest absolute Gasteiger partial charge is 0.371 e. The second kappa shape index (κ2) is 8.11. The maximum atomic E-state index is 5.35. The van der Waals surface area contributed by atoms with Crippen LogP contribution < -0.4 is 15.5 Å². The van der Waals surface area contributed by atoms with E-state index in [1.54, 1.807) is 6.20 Å². The van der Waals surface area contributed by atoms with Crippen LogP contribution in [0.4, 0.5) is 11.5 Å². The minimum absolute atomic E-state index is 0.635. The molecule has 2 N–H and O–H groups in total. The molecule has 0 aliphatic carbocycles. The molecule has 0 atom stereocenters. The topological polar surface area (TPSA) is 40.2 Å². The van der Waals surface area contributed by atoms with Gasteiger partial charge in [-0.05, 0) is 61.7 Å². The van der Waals surface area contributed by atoms with Crippen LogP contribution in [0.5, 0.6) is 0 Å². The SMILES string of the molecule is Cc1cccnc1NC(=S)NCCCN1CCCc2ccccc21. The Kier molecular flexibility index (Phi) is 5.64. The lowest BCUT2D eigenvalue weighted by Gasteiger charge is -2.31. The van der Waals surface area contributed by atoms with Gasteiger partial charge in [-0.25, -0.2) is 4.98 Å². The molecule has 0 bridgehead atoms. The lowest BCUT2D eigenvalue weighted by Crippen LogP contribution is -2.34. The highest BCUT2D eigenvalue weighted by Gasteiger charge is 2.15. The molecular formula is C19H24N4S. The van der Waals surface area contributed by atoms with Crippen LogP contribution in [0.25, 0.3) is 0 Å². The Labute approximate surface area is 149 Å². The number of fused-ring (bicyclic) bond motifs is 1. The van der Waals surface area contributed by atoms with Crippen molar-refractivity contribution in [3.05, 3.63) is 53.7 Å². The number of hydrogen-bond acceptors (Lipinski definition) is 3. The van der Waals surface area contributed by atoms with Gasteiger partial charge in [-0.3, -0.25) is 0 Å². The van der Waals surface area contributed by atoms with Crippen LogP contribution in [-0.4, -0.2) is 29.7 Å². The molecule has 2 heterocycles. The molecule has 24 heavy (non-hydrogen) atoms. The summed E-state index contributed by atoms with van der Waals surface area (Å²) < 4.78 is 0. The van der Waals surface area contributed by atoms with Crippen molar-refractivity contribution < 1.29 is 0 Å². The molecule has 0 unspecified atom stereocenters. The van der Waals surface area contributed by atoms with Crippen LogP contribution in [0.2, 0.25) is 0 Å². The Bertz CT molecular complexity index is 701. The predicted molar refractivity (Wildman–Crippen MR) is 105 cm³/mol. The summed E-state index contributed by atoms with van der Waals surface area (Å²) in [5, 5.41) is 7.07. The van der Waals surface area contributed by atoms with E-state index in [1.165, 1.54) is 24.1 Å². The third kappa shape index (κ3) is 4.23. The standard InChI is InChI=1S/C19H24N4S/c1-15-7-4-11-20-18(15)22-19(24)21-12-6-14-23-13-5-9-16-8-2-3-10-17(16)23/h2-4,7-8,10-11H,5-6,9,12-14H2,1H3,(H2,20,21,22,24). The lowest BCUT2D eigenvalue weighted by atomic mass is 10.0. The minimum atomic E-state index is 0.635. The molecule has 1 aromatic heterocycles. The molecule has 0 saturated carbocycles. The molecule has 1 aliphatic rings. The van der Waals surface area contributed by atoms with Gasteiger partial charge >= 0.3 is 0 Å². The Hall–Kier alpha value is -2.14. The number of aryl methyl sites for hydroxylation is 2. The van der Waals surface area contributed by atoms with Gasteiger partial charge in [0, 0.05) is 31.5 Å². The highest BCUT2D eigenvalue weighted by molar-refractivity contribution is 7.80.